The van der Waals surface area contributed by atoms with Crippen LogP contribution in [0.25, 0.3) is 0 Å². The molecule has 0 atom stereocenters. The Labute approximate surface area is 148 Å². The van der Waals surface area contributed by atoms with Crippen molar-refractivity contribution < 1.29 is 18.3 Å². The summed E-state index contributed by atoms with van der Waals surface area (Å²) in [6, 6.07) is 4.83. The number of rotatable bonds is 7. The number of aryl methyl sites for hydroxylation is 1. The zero-order valence-corrected chi connectivity index (χ0v) is 14.6. The average molecular weight is 378 g/mol. The number of thiazole rings is 1. The minimum Gasteiger partial charge on any atom is -0.434 e. The van der Waals surface area contributed by atoms with Crippen molar-refractivity contribution in [3.05, 3.63) is 45.4 Å². The zero-order valence-electron chi connectivity index (χ0n) is 12.9. The van der Waals surface area contributed by atoms with Crippen LogP contribution in [0.4, 0.5) is 8.78 Å². The number of carbonyl (C=O) groups excluding carboxylic acids is 1. The monoisotopic (exact) mass is 377 g/mol. The number of benzene rings is 1. The van der Waals surface area contributed by atoms with Gasteiger partial charge in [-0.2, -0.15) is 8.78 Å². The number of carbonyl (C=O) groups is 1. The number of amides is 1. The molecule has 0 bridgehead atoms. The van der Waals surface area contributed by atoms with Crippen molar-refractivity contribution in [1.82, 2.24) is 10.3 Å². The molecule has 2 rings (SSSR count). The highest BCUT2D eigenvalue weighted by Crippen LogP contribution is 2.22. The Morgan fingerprint density at radius 3 is 2.88 bits per heavy atom. The molecule has 1 heterocycles. The lowest BCUT2D eigenvalue weighted by atomic mass is 10.1. The van der Waals surface area contributed by atoms with E-state index in [4.69, 9.17) is 5.73 Å². The fourth-order valence-corrected chi connectivity index (χ4v) is 2.77. The van der Waals surface area contributed by atoms with Gasteiger partial charge >= 0.3 is 6.61 Å². The Bertz CT molecular complexity index is 682. The van der Waals surface area contributed by atoms with Gasteiger partial charge in [-0.05, 0) is 19.5 Å². The molecule has 1 amide bonds. The van der Waals surface area contributed by atoms with Crippen molar-refractivity contribution >= 4 is 29.7 Å². The van der Waals surface area contributed by atoms with Crippen molar-refractivity contribution in [2.75, 3.05) is 6.54 Å². The fourth-order valence-electron chi connectivity index (χ4n) is 1.98. The Morgan fingerprint density at radius 2 is 2.21 bits per heavy atom. The van der Waals surface area contributed by atoms with Crippen LogP contribution < -0.4 is 15.8 Å². The number of ether oxygens (including phenoxy) is 1. The number of nitrogens with one attached hydrogen (secondary N) is 1. The summed E-state index contributed by atoms with van der Waals surface area (Å²) in [7, 11) is 0. The minimum absolute atomic E-state index is 0. The molecule has 3 N–H and O–H groups in total. The van der Waals surface area contributed by atoms with Crippen LogP contribution in [-0.2, 0) is 13.0 Å². The van der Waals surface area contributed by atoms with Gasteiger partial charge in [0.2, 0.25) is 0 Å². The fraction of sp³-hybridized carbons (Fsp3) is 0.333. The molecule has 1 aromatic carbocycles. The molecule has 0 radical (unpaired) electrons. The quantitative estimate of drug-likeness (QED) is 0.777. The average Bonchev–Trinajstić information content (AvgIpc) is 2.96. The lowest BCUT2D eigenvalue weighted by Gasteiger charge is -2.12. The Morgan fingerprint density at radius 1 is 1.46 bits per heavy atom. The van der Waals surface area contributed by atoms with E-state index in [1.165, 1.54) is 17.4 Å². The summed E-state index contributed by atoms with van der Waals surface area (Å²) in [5.41, 5.74) is 7.10. The Balaban J connectivity index is 0.00000288. The van der Waals surface area contributed by atoms with Gasteiger partial charge in [0.25, 0.3) is 5.91 Å². The molecule has 0 aliphatic carbocycles. The lowest BCUT2D eigenvalue weighted by Crippen LogP contribution is -2.23. The predicted molar refractivity (Wildman–Crippen MR) is 91.1 cm³/mol. The van der Waals surface area contributed by atoms with Gasteiger partial charge in [-0.1, -0.05) is 17.7 Å². The van der Waals surface area contributed by atoms with E-state index >= 15 is 0 Å². The van der Waals surface area contributed by atoms with Crippen LogP contribution in [0.5, 0.6) is 5.75 Å². The zero-order chi connectivity index (χ0) is 16.8. The van der Waals surface area contributed by atoms with Gasteiger partial charge in [-0.3, -0.25) is 4.79 Å². The molecule has 1 aromatic heterocycles. The van der Waals surface area contributed by atoms with Crippen LogP contribution in [0, 0.1) is 6.92 Å². The highest BCUT2D eigenvalue weighted by molar-refractivity contribution is 7.09. The van der Waals surface area contributed by atoms with Gasteiger partial charge in [0.1, 0.15) is 11.4 Å². The molecule has 0 aliphatic rings. The molecule has 0 aliphatic heterocycles. The molecular formula is C15H18ClF2N3O2S. The van der Waals surface area contributed by atoms with E-state index in [2.05, 4.69) is 15.0 Å². The summed E-state index contributed by atoms with van der Waals surface area (Å²) in [5, 5.41) is 5.09. The molecule has 0 unspecified atom stereocenters. The molecule has 9 heteroatoms. The third kappa shape index (κ3) is 5.70. The third-order valence-corrected chi connectivity index (χ3v) is 3.92. The second kappa shape index (κ2) is 9.51. The normalized spacial score (nSPS) is 10.4. The number of nitrogens with two attached hydrogens (primary N) is 1. The number of aromatic nitrogens is 1. The van der Waals surface area contributed by atoms with Gasteiger partial charge in [0.15, 0.2) is 0 Å². The molecule has 2 aromatic rings. The highest BCUT2D eigenvalue weighted by Gasteiger charge is 2.13. The van der Waals surface area contributed by atoms with E-state index < -0.39 is 6.61 Å². The Kier molecular flexibility index (Phi) is 8.03. The first-order chi connectivity index (χ1) is 11.0. The number of halogens is 3. The lowest BCUT2D eigenvalue weighted by molar-refractivity contribution is -0.0504. The summed E-state index contributed by atoms with van der Waals surface area (Å²) in [6.07, 6.45) is 0.613. The first-order valence-electron chi connectivity index (χ1n) is 6.96. The van der Waals surface area contributed by atoms with Crippen LogP contribution in [0.15, 0.2) is 23.6 Å². The second-order valence-corrected chi connectivity index (χ2v) is 5.78. The maximum absolute atomic E-state index is 12.4. The van der Waals surface area contributed by atoms with Crippen molar-refractivity contribution in [3.63, 3.8) is 0 Å². The molecule has 0 saturated heterocycles. The van der Waals surface area contributed by atoms with Crippen LogP contribution in [0.3, 0.4) is 0 Å². The van der Waals surface area contributed by atoms with Gasteiger partial charge < -0.3 is 15.8 Å². The van der Waals surface area contributed by atoms with Crippen molar-refractivity contribution in [1.29, 1.82) is 0 Å². The summed E-state index contributed by atoms with van der Waals surface area (Å²) in [4.78, 5) is 16.2. The van der Waals surface area contributed by atoms with Crippen molar-refractivity contribution in [2.45, 2.75) is 26.5 Å². The maximum Gasteiger partial charge on any atom is 0.387 e. The summed E-state index contributed by atoms with van der Waals surface area (Å²) in [5.74, 6) is -0.318. The highest BCUT2D eigenvalue weighted by atomic mass is 35.5. The van der Waals surface area contributed by atoms with E-state index in [9.17, 15) is 13.6 Å². The molecular weight excluding hydrogens is 360 g/mol. The van der Waals surface area contributed by atoms with Crippen molar-refractivity contribution in [2.24, 2.45) is 5.73 Å². The smallest absolute Gasteiger partial charge is 0.387 e. The van der Waals surface area contributed by atoms with E-state index in [1.807, 2.05) is 6.92 Å². The molecule has 132 valence electrons. The van der Waals surface area contributed by atoms with E-state index in [-0.39, 0.29) is 30.6 Å². The van der Waals surface area contributed by atoms with Gasteiger partial charge in [-0.25, -0.2) is 4.98 Å². The molecule has 24 heavy (non-hydrogen) atoms. The maximum atomic E-state index is 12.4. The van der Waals surface area contributed by atoms with E-state index in [0.717, 1.165) is 10.6 Å². The first-order valence-corrected chi connectivity index (χ1v) is 7.84. The SMILES string of the molecule is Cc1ccc(OC(F)F)c(CNC(=O)c2csc(CCN)n2)c1.Cl. The molecule has 0 fully saturated rings. The first kappa shape index (κ1) is 20.3. The number of nitrogens with zero attached hydrogens (tertiary/aromatic N) is 1. The summed E-state index contributed by atoms with van der Waals surface area (Å²) < 4.78 is 29.3. The topological polar surface area (TPSA) is 77.2 Å². The standard InChI is InChI=1S/C15H17F2N3O2S.ClH/c1-9-2-3-12(22-15(16)17)10(6-9)7-19-14(21)11-8-23-13(20-11)4-5-18;/h2-3,6,8,15H,4-5,7,18H2,1H3,(H,19,21);1H. The summed E-state index contributed by atoms with van der Waals surface area (Å²) in [6.45, 7) is -0.542. The van der Waals surface area contributed by atoms with Crippen LogP contribution in [0.1, 0.15) is 26.6 Å². The van der Waals surface area contributed by atoms with E-state index in [0.29, 0.717) is 24.2 Å². The van der Waals surface area contributed by atoms with Crippen LogP contribution in [-0.4, -0.2) is 24.0 Å². The Hall–Kier alpha value is -1.77. The molecule has 0 saturated carbocycles. The number of hydrogen-bond donors (Lipinski definition) is 2. The van der Waals surface area contributed by atoms with Gasteiger partial charge in [-0.15, -0.1) is 23.7 Å². The van der Waals surface area contributed by atoms with Crippen LogP contribution >= 0.6 is 23.7 Å². The second-order valence-electron chi connectivity index (χ2n) is 4.84. The molecule has 0 spiro atoms. The third-order valence-electron chi connectivity index (χ3n) is 3.01. The van der Waals surface area contributed by atoms with E-state index in [1.54, 1.807) is 17.5 Å². The number of alkyl halides is 2. The van der Waals surface area contributed by atoms with Crippen LogP contribution in [0.2, 0.25) is 0 Å². The van der Waals surface area contributed by atoms with Gasteiger partial charge in [0, 0.05) is 23.9 Å². The predicted octanol–water partition coefficient (Wildman–Crippen LogP) is 2.91. The van der Waals surface area contributed by atoms with Gasteiger partial charge in [0.05, 0.1) is 5.01 Å². The van der Waals surface area contributed by atoms with Crippen molar-refractivity contribution in [3.8, 4) is 5.75 Å². The minimum atomic E-state index is -2.91. The number of hydrogen-bond acceptors (Lipinski definition) is 5. The molecule has 5 nitrogen and oxygen atoms in total. The largest absolute Gasteiger partial charge is 0.434 e. The summed E-state index contributed by atoms with van der Waals surface area (Å²) >= 11 is 1.36.